The van der Waals surface area contributed by atoms with Crippen molar-refractivity contribution in [2.24, 2.45) is 10.2 Å². The first-order valence-corrected chi connectivity index (χ1v) is 11.2. The summed E-state index contributed by atoms with van der Waals surface area (Å²) >= 11 is 4.31. The lowest BCUT2D eigenvalue weighted by Gasteiger charge is -2.09. The third kappa shape index (κ3) is 4.15. The molecule has 0 atom stereocenters. The van der Waals surface area contributed by atoms with Gasteiger partial charge in [-0.2, -0.15) is 16.8 Å². The molecule has 0 saturated heterocycles. The SMILES string of the molecule is O=S(=O)(O)c1ccc2c(N=Nc3ncc(Br)s3)c(O)c(S(=O)(=O)O)cc2c1. The number of fused-ring (bicyclic) bond motifs is 1. The van der Waals surface area contributed by atoms with Gasteiger partial charge in [0.05, 0.1) is 14.9 Å². The molecule has 3 aromatic rings. The monoisotopic (exact) mass is 493 g/mol. The molecule has 3 N–H and O–H groups in total. The number of thiazole rings is 1. The highest BCUT2D eigenvalue weighted by Crippen LogP contribution is 2.42. The normalized spacial score (nSPS) is 12.9. The molecular weight excluding hydrogens is 486 g/mol. The quantitative estimate of drug-likeness (QED) is 0.365. The van der Waals surface area contributed by atoms with Crippen molar-refractivity contribution in [2.45, 2.75) is 9.79 Å². The number of aromatic nitrogens is 1. The Hall–Kier alpha value is -1.97. The van der Waals surface area contributed by atoms with Gasteiger partial charge in [0.1, 0.15) is 10.6 Å². The minimum atomic E-state index is -4.86. The summed E-state index contributed by atoms with van der Waals surface area (Å²) in [6.07, 6.45) is 1.46. The van der Waals surface area contributed by atoms with Gasteiger partial charge in [0.25, 0.3) is 20.2 Å². The van der Waals surface area contributed by atoms with Crippen LogP contribution in [-0.2, 0) is 20.2 Å². The van der Waals surface area contributed by atoms with Gasteiger partial charge in [-0.3, -0.25) is 9.11 Å². The summed E-state index contributed by atoms with van der Waals surface area (Å²) in [4.78, 5) is 2.51. The number of phenolic OH excluding ortho intramolecular Hbond substituents is 1. The van der Waals surface area contributed by atoms with Crippen molar-refractivity contribution >= 4 is 69.1 Å². The molecule has 3 rings (SSSR count). The maximum Gasteiger partial charge on any atom is 0.298 e. The molecule has 0 bridgehead atoms. The van der Waals surface area contributed by atoms with E-state index in [9.17, 15) is 26.5 Å². The van der Waals surface area contributed by atoms with Crippen LogP contribution in [0.5, 0.6) is 5.75 Å². The van der Waals surface area contributed by atoms with Gasteiger partial charge < -0.3 is 5.11 Å². The lowest BCUT2D eigenvalue weighted by Crippen LogP contribution is -2.00. The Balaban J connectivity index is 2.32. The van der Waals surface area contributed by atoms with Crippen LogP contribution in [0, 0.1) is 0 Å². The molecule has 1 heterocycles. The van der Waals surface area contributed by atoms with E-state index in [1.165, 1.54) is 12.3 Å². The number of phenols is 1. The first-order valence-electron chi connectivity index (χ1n) is 6.74. The fourth-order valence-corrected chi connectivity index (χ4v) is 4.31. The van der Waals surface area contributed by atoms with Gasteiger partial charge in [-0.15, -0.1) is 10.2 Å². The third-order valence-electron chi connectivity index (χ3n) is 3.30. The van der Waals surface area contributed by atoms with Crippen LogP contribution >= 0.6 is 27.3 Å². The van der Waals surface area contributed by atoms with Crippen molar-refractivity contribution in [1.82, 2.24) is 4.98 Å². The van der Waals surface area contributed by atoms with E-state index in [2.05, 4.69) is 31.1 Å². The Kier molecular flexibility index (Phi) is 5.04. The second-order valence-corrected chi connectivity index (χ2v) is 10.3. The third-order valence-corrected chi connectivity index (χ3v) is 6.38. The minimum absolute atomic E-state index is 0.0233. The van der Waals surface area contributed by atoms with Crippen molar-refractivity contribution in [3.8, 4) is 5.75 Å². The Morgan fingerprint density at radius 3 is 2.30 bits per heavy atom. The van der Waals surface area contributed by atoms with Crippen LogP contribution < -0.4 is 0 Å². The lowest BCUT2D eigenvalue weighted by atomic mass is 10.1. The fraction of sp³-hybridized carbons (Fsp3) is 0. The predicted molar refractivity (Wildman–Crippen MR) is 99.2 cm³/mol. The molecule has 1 aromatic heterocycles. The second-order valence-electron chi connectivity index (χ2n) is 5.05. The summed E-state index contributed by atoms with van der Waals surface area (Å²) in [7, 11) is -9.42. The summed E-state index contributed by atoms with van der Waals surface area (Å²) in [6, 6.07) is 4.08. The molecule has 2 aromatic carbocycles. The van der Waals surface area contributed by atoms with Gasteiger partial charge in [-0.25, -0.2) is 4.98 Å². The lowest BCUT2D eigenvalue weighted by molar-refractivity contribution is 0.445. The smallest absolute Gasteiger partial charge is 0.298 e. The second kappa shape index (κ2) is 6.88. The molecule has 14 heteroatoms. The number of aromatic hydroxyl groups is 1. The zero-order valence-electron chi connectivity index (χ0n) is 12.8. The Morgan fingerprint density at radius 1 is 1.04 bits per heavy atom. The molecule has 0 aliphatic carbocycles. The molecule has 0 fully saturated rings. The van der Waals surface area contributed by atoms with Crippen molar-refractivity contribution < 1.29 is 31.0 Å². The zero-order chi connectivity index (χ0) is 20.0. The molecular formula is C13H8BrN3O7S3. The van der Waals surface area contributed by atoms with Crippen molar-refractivity contribution in [1.29, 1.82) is 0 Å². The van der Waals surface area contributed by atoms with E-state index in [0.717, 1.165) is 29.5 Å². The van der Waals surface area contributed by atoms with Gasteiger partial charge in [-0.1, -0.05) is 17.4 Å². The maximum atomic E-state index is 11.5. The fourth-order valence-electron chi connectivity index (χ4n) is 2.17. The van der Waals surface area contributed by atoms with Gasteiger partial charge >= 0.3 is 0 Å². The molecule has 142 valence electrons. The van der Waals surface area contributed by atoms with E-state index in [1.54, 1.807) is 0 Å². The molecule has 0 aliphatic rings. The highest BCUT2D eigenvalue weighted by Gasteiger charge is 2.23. The van der Waals surface area contributed by atoms with Crippen molar-refractivity contribution in [3.05, 3.63) is 34.2 Å². The summed E-state index contributed by atoms with van der Waals surface area (Å²) in [5, 5.41) is 18.2. The van der Waals surface area contributed by atoms with Gasteiger partial charge in [0.2, 0.25) is 5.13 Å². The topological polar surface area (TPSA) is 167 Å². The first kappa shape index (κ1) is 19.8. The average molecular weight is 494 g/mol. The summed E-state index contributed by atoms with van der Waals surface area (Å²) in [6.45, 7) is 0. The largest absolute Gasteiger partial charge is 0.504 e. The van der Waals surface area contributed by atoms with Crippen molar-refractivity contribution in [2.75, 3.05) is 0 Å². The highest BCUT2D eigenvalue weighted by atomic mass is 79.9. The molecule has 0 spiro atoms. The average Bonchev–Trinajstić information content (AvgIpc) is 2.96. The van der Waals surface area contributed by atoms with Crippen LogP contribution in [0.1, 0.15) is 0 Å². The summed E-state index contributed by atoms with van der Waals surface area (Å²) in [5.41, 5.74) is -0.326. The molecule has 0 aliphatic heterocycles. The molecule has 10 nitrogen and oxygen atoms in total. The Labute approximate surface area is 164 Å². The van der Waals surface area contributed by atoms with Gasteiger partial charge in [0, 0.05) is 5.39 Å². The van der Waals surface area contributed by atoms with Crippen LogP contribution in [0.3, 0.4) is 0 Å². The van der Waals surface area contributed by atoms with E-state index in [4.69, 9.17) is 4.55 Å². The number of azo groups is 1. The molecule has 0 unspecified atom stereocenters. The zero-order valence-corrected chi connectivity index (χ0v) is 16.8. The number of hydrogen-bond donors (Lipinski definition) is 3. The number of nitrogens with zero attached hydrogens (tertiary/aromatic N) is 3. The van der Waals surface area contributed by atoms with E-state index in [0.29, 0.717) is 3.79 Å². The molecule has 27 heavy (non-hydrogen) atoms. The van der Waals surface area contributed by atoms with E-state index in [1.807, 2.05) is 0 Å². The predicted octanol–water partition coefficient (Wildman–Crippen LogP) is 3.67. The van der Waals surface area contributed by atoms with E-state index in [-0.39, 0.29) is 21.6 Å². The molecule has 0 saturated carbocycles. The Morgan fingerprint density at radius 2 is 1.74 bits per heavy atom. The molecule has 0 radical (unpaired) electrons. The number of benzene rings is 2. The summed E-state index contributed by atoms with van der Waals surface area (Å²) < 4.78 is 64.9. The summed E-state index contributed by atoms with van der Waals surface area (Å²) in [5.74, 6) is -0.871. The van der Waals surface area contributed by atoms with Crippen LogP contribution in [0.25, 0.3) is 10.8 Å². The maximum absolute atomic E-state index is 11.5. The number of rotatable bonds is 4. The van der Waals surface area contributed by atoms with Crippen LogP contribution in [0.15, 0.2) is 54.3 Å². The number of halogens is 1. The Bertz CT molecular complexity index is 1300. The highest BCUT2D eigenvalue weighted by molar-refractivity contribution is 9.11. The van der Waals surface area contributed by atoms with E-state index < -0.39 is 35.8 Å². The number of hydrogen-bond acceptors (Lipinski definition) is 9. The van der Waals surface area contributed by atoms with Crippen LogP contribution in [0.4, 0.5) is 10.8 Å². The standard InChI is InChI=1S/C13H8BrN3O7S3/c14-10-5-15-13(25-10)17-16-11-8-2-1-7(26(19,20)21)3-6(8)4-9(12(11)18)27(22,23)24/h1-5,18H,(H,19,20,21)(H,22,23,24). The molecule has 0 amide bonds. The van der Waals surface area contributed by atoms with Crippen molar-refractivity contribution in [3.63, 3.8) is 0 Å². The van der Waals surface area contributed by atoms with Gasteiger partial charge in [0.15, 0.2) is 5.75 Å². The van der Waals surface area contributed by atoms with Crippen LogP contribution in [0.2, 0.25) is 0 Å². The first-order chi connectivity index (χ1) is 12.5. The minimum Gasteiger partial charge on any atom is -0.504 e. The van der Waals surface area contributed by atoms with Crippen LogP contribution in [-0.4, -0.2) is 36.0 Å². The van der Waals surface area contributed by atoms with Gasteiger partial charge in [-0.05, 0) is 39.5 Å². The van der Waals surface area contributed by atoms with E-state index >= 15 is 0 Å².